The Bertz CT molecular complexity index is 1110. The topological polar surface area (TPSA) is 185 Å². The standard InChI is InChI=1S/C30H44O12/c1-16-11-19(14-29(3,4)30(16,37)10-9-17(2)31)41-28-27(36)26(35)25(34)22(42-28)15-40-23(32)8-7-18-12-20(38-5)24(33)21(13-18)39-6/h7-10,12-13,16-17,19,22,25-28,31,33-37H,11,14-15H2,1-6H3/b8-7+,10-9-/t16-,17?,19+,22-,25-,26+,27-,28-,30-/m1/s1. The first-order valence-electron chi connectivity index (χ1n) is 13.9. The molecule has 1 saturated carbocycles. The lowest BCUT2D eigenvalue weighted by molar-refractivity contribution is -0.319. The van der Waals surface area contributed by atoms with Crippen LogP contribution < -0.4 is 9.47 Å². The third kappa shape index (κ3) is 7.43. The maximum Gasteiger partial charge on any atom is 0.330 e. The van der Waals surface area contributed by atoms with Crippen LogP contribution >= 0.6 is 0 Å². The summed E-state index contributed by atoms with van der Waals surface area (Å²) in [5.41, 5.74) is -1.41. The number of aliphatic hydroxyl groups is 5. The summed E-state index contributed by atoms with van der Waals surface area (Å²) in [5.74, 6) is -0.944. The SMILES string of the molecule is COc1cc(/C=C/C(=O)OC[C@H]2O[C@@H](O[C@H]3C[C@@H](C)[C@](O)(/C=C\C(C)O)C(C)(C)C3)[C@H](O)[C@@H](O)[C@@H]2O)cc(OC)c1O. The summed E-state index contributed by atoms with van der Waals surface area (Å²) in [6.45, 7) is 6.78. The molecule has 42 heavy (non-hydrogen) atoms. The summed E-state index contributed by atoms with van der Waals surface area (Å²) < 4.78 is 27.2. The summed E-state index contributed by atoms with van der Waals surface area (Å²) >= 11 is 0. The maximum absolute atomic E-state index is 12.4. The molecule has 0 radical (unpaired) electrons. The average molecular weight is 597 g/mol. The second kappa shape index (κ2) is 13.7. The Hall–Kier alpha value is -2.71. The molecule has 0 bridgehead atoms. The lowest BCUT2D eigenvalue weighted by atomic mass is 9.59. The fourth-order valence-corrected chi connectivity index (χ4v) is 5.58. The molecule has 1 aromatic rings. The molecule has 236 valence electrons. The Balaban J connectivity index is 1.64. The van der Waals surface area contributed by atoms with E-state index in [4.69, 9.17) is 23.7 Å². The van der Waals surface area contributed by atoms with Gasteiger partial charge in [0, 0.05) is 6.08 Å². The molecule has 3 rings (SSSR count). The highest BCUT2D eigenvalue weighted by molar-refractivity contribution is 5.87. The van der Waals surface area contributed by atoms with Crippen molar-refractivity contribution in [3.8, 4) is 17.2 Å². The van der Waals surface area contributed by atoms with Gasteiger partial charge in [-0.1, -0.05) is 32.9 Å². The first-order chi connectivity index (χ1) is 19.6. The highest BCUT2D eigenvalue weighted by Crippen LogP contribution is 2.49. The number of phenolic OH excluding ortho intramolecular Hbond substituents is 1. The van der Waals surface area contributed by atoms with E-state index in [9.17, 15) is 35.4 Å². The van der Waals surface area contributed by atoms with Gasteiger partial charge >= 0.3 is 5.97 Å². The van der Waals surface area contributed by atoms with Gasteiger partial charge in [-0.25, -0.2) is 4.79 Å². The fourth-order valence-electron chi connectivity index (χ4n) is 5.58. The minimum atomic E-state index is -1.63. The van der Waals surface area contributed by atoms with E-state index in [1.54, 1.807) is 19.1 Å². The maximum atomic E-state index is 12.4. The van der Waals surface area contributed by atoms with E-state index in [2.05, 4.69) is 0 Å². The van der Waals surface area contributed by atoms with Crippen molar-refractivity contribution in [3.63, 3.8) is 0 Å². The number of aliphatic hydroxyl groups excluding tert-OH is 4. The third-order valence-corrected chi connectivity index (χ3v) is 8.12. The zero-order valence-corrected chi connectivity index (χ0v) is 24.8. The number of methoxy groups -OCH3 is 2. The molecule has 1 aliphatic carbocycles. The second-order valence-corrected chi connectivity index (χ2v) is 11.7. The summed E-state index contributed by atoms with van der Waals surface area (Å²) in [6.07, 6.45) is -1.98. The number of carbonyl (C=O) groups is 1. The minimum absolute atomic E-state index is 0.149. The lowest BCUT2D eigenvalue weighted by Crippen LogP contribution is -2.61. The van der Waals surface area contributed by atoms with E-state index in [-0.39, 0.29) is 23.2 Å². The van der Waals surface area contributed by atoms with Crippen molar-refractivity contribution >= 4 is 12.0 Å². The van der Waals surface area contributed by atoms with Crippen molar-refractivity contribution in [2.75, 3.05) is 20.8 Å². The molecule has 0 aromatic heterocycles. The quantitative estimate of drug-likeness (QED) is 0.129. The predicted molar refractivity (Wildman–Crippen MR) is 151 cm³/mol. The Labute approximate surface area is 245 Å². The van der Waals surface area contributed by atoms with Crippen LogP contribution in [0.15, 0.2) is 30.4 Å². The molecule has 9 atom stereocenters. The Morgan fingerprint density at radius 3 is 2.29 bits per heavy atom. The van der Waals surface area contributed by atoms with Crippen LogP contribution in [0.3, 0.4) is 0 Å². The summed E-state index contributed by atoms with van der Waals surface area (Å²) in [4.78, 5) is 12.4. The van der Waals surface area contributed by atoms with Crippen LogP contribution in [0.4, 0.5) is 0 Å². The molecule has 12 heteroatoms. The number of phenols is 1. The van der Waals surface area contributed by atoms with E-state index in [1.165, 1.54) is 32.4 Å². The van der Waals surface area contributed by atoms with Gasteiger partial charge in [0.1, 0.15) is 31.0 Å². The number of aromatic hydroxyl groups is 1. The number of hydrogen-bond donors (Lipinski definition) is 6. The monoisotopic (exact) mass is 596 g/mol. The Morgan fingerprint density at radius 1 is 1.12 bits per heavy atom. The van der Waals surface area contributed by atoms with Gasteiger partial charge in [0.05, 0.1) is 32.0 Å². The van der Waals surface area contributed by atoms with Crippen LogP contribution in [-0.2, 0) is 19.0 Å². The third-order valence-electron chi connectivity index (χ3n) is 8.12. The first kappa shape index (κ1) is 33.8. The summed E-state index contributed by atoms with van der Waals surface area (Å²) in [5, 5.41) is 62.7. The first-order valence-corrected chi connectivity index (χ1v) is 13.9. The molecular formula is C30H44O12. The van der Waals surface area contributed by atoms with Crippen molar-refractivity contribution in [2.45, 2.75) is 89.1 Å². The number of benzene rings is 1. The molecular weight excluding hydrogens is 552 g/mol. The van der Waals surface area contributed by atoms with Crippen molar-refractivity contribution in [3.05, 3.63) is 35.9 Å². The van der Waals surface area contributed by atoms with Gasteiger partial charge in [-0.2, -0.15) is 0 Å². The normalized spacial score (nSPS) is 33.9. The van der Waals surface area contributed by atoms with Crippen molar-refractivity contribution in [2.24, 2.45) is 11.3 Å². The Kier molecular flexibility index (Phi) is 11.0. The van der Waals surface area contributed by atoms with Gasteiger partial charge < -0.3 is 54.3 Å². The fraction of sp³-hybridized carbons (Fsp3) is 0.633. The van der Waals surface area contributed by atoms with Crippen LogP contribution in [0.5, 0.6) is 17.2 Å². The van der Waals surface area contributed by atoms with E-state index < -0.39 is 66.5 Å². The van der Waals surface area contributed by atoms with Crippen LogP contribution in [0.25, 0.3) is 6.08 Å². The van der Waals surface area contributed by atoms with Crippen LogP contribution in [0.2, 0.25) is 0 Å². The second-order valence-electron chi connectivity index (χ2n) is 11.7. The number of esters is 1. The van der Waals surface area contributed by atoms with Crippen molar-refractivity contribution < 1.29 is 59.1 Å². The zero-order valence-electron chi connectivity index (χ0n) is 24.8. The van der Waals surface area contributed by atoms with Gasteiger partial charge in [0.15, 0.2) is 17.8 Å². The summed E-state index contributed by atoms with van der Waals surface area (Å²) in [6, 6.07) is 2.99. The highest BCUT2D eigenvalue weighted by atomic mass is 16.7. The number of hydrogen-bond acceptors (Lipinski definition) is 12. The van der Waals surface area contributed by atoms with Gasteiger partial charge in [0.2, 0.25) is 5.75 Å². The molecule has 1 heterocycles. The molecule has 2 fully saturated rings. The van der Waals surface area contributed by atoms with E-state index >= 15 is 0 Å². The molecule has 12 nitrogen and oxygen atoms in total. The molecule has 0 spiro atoms. The van der Waals surface area contributed by atoms with E-state index in [0.717, 1.165) is 6.08 Å². The van der Waals surface area contributed by atoms with Gasteiger partial charge in [0.25, 0.3) is 0 Å². The average Bonchev–Trinajstić information content (AvgIpc) is 2.93. The highest BCUT2D eigenvalue weighted by Gasteiger charge is 2.53. The van der Waals surface area contributed by atoms with Crippen LogP contribution in [0.1, 0.15) is 46.1 Å². The summed E-state index contributed by atoms with van der Waals surface area (Å²) in [7, 11) is 2.75. The minimum Gasteiger partial charge on any atom is -0.502 e. The molecule has 1 aliphatic heterocycles. The van der Waals surface area contributed by atoms with Gasteiger partial charge in [-0.3, -0.25) is 0 Å². The van der Waals surface area contributed by atoms with Gasteiger partial charge in [-0.15, -0.1) is 0 Å². The van der Waals surface area contributed by atoms with Crippen LogP contribution in [0, 0.1) is 11.3 Å². The molecule has 1 unspecified atom stereocenters. The van der Waals surface area contributed by atoms with E-state index in [0.29, 0.717) is 18.4 Å². The molecule has 0 amide bonds. The zero-order chi connectivity index (χ0) is 31.4. The lowest BCUT2D eigenvalue weighted by Gasteiger charge is -2.52. The molecule has 1 aromatic carbocycles. The molecule has 6 N–H and O–H groups in total. The number of rotatable bonds is 10. The number of ether oxygens (including phenoxy) is 5. The van der Waals surface area contributed by atoms with Crippen molar-refractivity contribution in [1.29, 1.82) is 0 Å². The van der Waals surface area contributed by atoms with Crippen molar-refractivity contribution in [1.82, 2.24) is 0 Å². The predicted octanol–water partition coefficient (Wildman–Crippen LogP) is 1.28. The van der Waals surface area contributed by atoms with Gasteiger partial charge in [-0.05, 0) is 54.9 Å². The smallest absolute Gasteiger partial charge is 0.330 e. The van der Waals surface area contributed by atoms with Crippen LogP contribution in [-0.4, -0.2) is 106 Å². The Morgan fingerprint density at radius 2 is 1.74 bits per heavy atom. The molecule has 1 saturated heterocycles. The van der Waals surface area contributed by atoms with E-state index in [1.807, 2.05) is 20.8 Å². The number of carbonyl (C=O) groups excluding carboxylic acids is 1. The largest absolute Gasteiger partial charge is 0.502 e. The molecule has 2 aliphatic rings.